The van der Waals surface area contributed by atoms with Crippen molar-refractivity contribution in [3.8, 4) is 5.75 Å². The number of Topliss-reactive ketones (excluding diaryl/α,β-unsaturated/α-hetero) is 1. The highest BCUT2D eigenvalue weighted by atomic mass is 16.5. The molecule has 1 aliphatic heterocycles. The number of primary amides is 1. The monoisotopic (exact) mass is 243 g/mol. The van der Waals surface area contributed by atoms with E-state index in [-0.39, 0.29) is 11.4 Å². The number of hydrogen-bond acceptors (Lipinski definition) is 3. The molecule has 92 valence electrons. The maximum atomic E-state index is 12.3. The highest BCUT2D eigenvalue weighted by Gasteiger charge is 2.38. The SMILES string of the molecule is Cc1cc(C)c2c3c1OCCC3=C(C(N)=O)C2=O. The quantitative estimate of drug-likeness (QED) is 0.760. The van der Waals surface area contributed by atoms with E-state index in [1.165, 1.54) is 0 Å². The molecule has 3 rings (SSSR count). The minimum absolute atomic E-state index is 0.142. The van der Waals surface area contributed by atoms with Gasteiger partial charge in [-0.05, 0) is 30.5 Å². The Morgan fingerprint density at radius 1 is 1.28 bits per heavy atom. The van der Waals surface area contributed by atoms with Gasteiger partial charge in [0, 0.05) is 17.5 Å². The van der Waals surface area contributed by atoms with E-state index >= 15 is 0 Å². The van der Waals surface area contributed by atoms with Crippen LogP contribution in [0.5, 0.6) is 5.75 Å². The lowest BCUT2D eigenvalue weighted by atomic mass is 9.94. The predicted octanol–water partition coefficient (Wildman–Crippen LogP) is 1.52. The average Bonchev–Trinajstić information content (AvgIpc) is 2.59. The van der Waals surface area contributed by atoms with E-state index in [1.807, 2.05) is 19.9 Å². The summed E-state index contributed by atoms with van der Waals surface area (Å²) in [6, 6.07) is 1.92. The number of hydrogen-bond donors (Lipinski definition) is 1. The Bertz CT molecular complexity index is 641. The van der Waals surface area contributed by atoms with Crippen LogP contribution in [0.25, 0.3) is 5.57 Å². The van der Waals surface area contributed by atoms with Crippen molar-refractivity contribution in [2.75, 3.05) is 6.61 Å². The molecular weight excluding hydrogens is 230 g/mol. The molecule has 1 aliphatic carbocycles. The molecule has 0 saturated carbocycles. The van der Waals surface area contributed by atoms with Crippen LogP contribution in [-0.4, -0.2) is 18.3 Å². The second-order valence-corrected chi connectivity index (χ2v) is 4.73. The van der Waals surface area contributed by atoms with Gasteiger partial charge < -0.3 is 10.5 Å². The van der Waals surface area contributed by atoms with Gasteiger partial charge in [-0.3, -0.25) is 9.59 Å². The molecule has 4 nitrogen and oxygen atoms in total. The first-order chi connectivity index (χ1) is 8.52. The Morgan fingerprint density at radius 3 is 2.67 bits per heavy atom. The van der Waals surface area contributed by atoms with Crippen LogP contribution in [0.1, 0.15) is 33.5 Å². The van der Waals surface area contributed by atoms with E-state index in [0.29, 0.717) is 18.6 Å². The van der Waals surface area contributed by atoms with E-state index in [9.17, 15) is 9.59 Å². The lowest BCUT2D eigenvalue weighted by Gasteiger charge is -2.21. The summed E-state index contributed by atoms with van der Waals surface area (Å²) in [5.41, 5.74) is 9.47. The molecular formula is C14H13NO3. The summed E-state index contributed by atoms with van der Waals surface area (Å²) in [5, 5.41) is 0. The molecule has 18 heavy (non-hydrogen) atoms. The lowest BCUT2D eigenvalue weighted by molar-refractivity contribution is -0.114. The van der Waals surface area contributed by atoms with Gasteiger partial charge in [0.05, 0.1) is 12.2 Å². The number of benzene rings is 1. The molecule has 1 heterocycles. The maximum absolute atomic E-state index is 12.3. The third-order valence-electron chi connectivity index (χ3n) is 3.57. The highest BCUT2D eigenvalue weighted by Crippen LogP contribution is 2.46. The third-order valence-corrected chi connectivity index (χ3v) is 3.57. The van der Waals surface area contributed by atoms with Crippen LogP contribution in [-0.2, 0) is 4.79 Å². The summed E-state index contributed by atoms with van der Waals surface area (Å²) in [6.45, 7) is 4.30. The number of nitrogens with two attached hydrogens (primary N) is 1. The number of rotatable bonds is 1. The lowest BCUT2D eigenvalue weighted by Crippen LogP contribution is -2.19. The Hall–Kier alpha value is -2.10. The van der Waals surface area contributed by atoms with Crippen LogP contribution < -0.4 is 10.5 Å². The van der Waals surface area contributed by atoms with Gasteiger partial charge in [-0.25, -0.2) is 0 Å². The van der Waals surface area contributed by atoms with E-state index in [0.717, 1.165) is 28.0 Å². The van der Waals surface area contributed by atoms with Crippen molar-refractivity contribution in [3.63, 3.8) is 0 Å². The first kappa shape index (κ1) is 11.0. The summed E-state index contributed by atoms with van der Waals surface area (Å²) in [6.07, 6.45) is 0.562. The summed E-state index contributed by atoms with van der Waals surface area (Å²) in [4.78, 5) is 23.8. The van der Waals surface area contributed by atoms with Crippen molar-refractivity contribution in [2.45, 2.75) is 20.3 Å². The minimum Gasteiger partial charge on any atom is -0.492 e. The fraction of sp³-hybridized carbons (Fsp3) is 0.286. The fourth-order valence-corrected chi connectivity index (χ4v) is 2.89. The van der Waals surface area contributed by atoms with Gasteiger partial charge in [0.2, 0.25) is 0 Å². The number of ether oxygens (including phenoxy) is 1. The van der Waals surface area contributed by atoms with Crippen molar-refractivity contribution < 1.29 is 14.3 Å². The molecule has 0 radical (unpaired) electrons. The van der Waals surface area contributed by atoms with Crippen LogP contribution in [0, 0.1) is 13.8 Å². The van der Waals surface area contributed by atoms with Crippen LogP contribution in [0.3, 0.4) is 0 Å². The third kappa shape index (κ3) is 1.20. The van der Waals surface area contributed by atoms with Gasteiger partial charge in [-0.15, -0.1) is 0 Å². The van der Waals surface area contributed by atoms with Crippen molar-refractivity contribution in [1.82, 2.24) is 0 Å². The number of carbonyl (C=O) groups is 2. The van der Waals surface area contributed by atoms with E-state index in [4.69, 9.17) is 10.5 Å². The normalized spacial score (nSPS) is 16.7. The minimum atomic E-state index is -0.642. The van der Waals surface area contributed by atoms with Gasteiger partial charge in [-0.1, -0.05) is 6.07 Å². The summed E-state index contributed by atoms with van der Waals surface area (Å²) in [5.74, 6) is -0.172. The largest absolute Gasteiger partial charge is 0.492 e. The van der Waals surface area contributed by atoms with Crippen LogP contribution >= 0.6 is 0 Å². The molecule has 0 atom stereocenters. The molecule has 0 aromatic heterocycles. The molecule has 0 fully saturated rings. The van der Waals surface area contributed by atoms with Crippen molar-refractivity contribution >= 4 is 17.3 Å². The molecule has 4 heteroatoms. The molecule has 1 aromatic rings. The number of aryl methyl sites for hydroxylation is 2. The molecule has 0 spiro atoms. The van der Waals surface area contributed by atoms with E-state index in [1.54, 1.807) is 0 Å². The first-order valence-electron chi connectivity index (χ1n) is 5.87. The Labute approximate surface area is 104 Å². The molecule has 0 unspecified atom stereocenters. The van der Waals surface area contributed by atoms with E-state index in [2.05, 4.69) is 0 Å². The Balaban J connectivity index is 2.41. The molecule has 2 N–H and O–H groups in total. The van der Waals surface area contributed by atoms with Gasteiger partial charge in [-0.2, -0.15) is 0 Å². The second kappa shape index (κ2) is 3.45. The molecule has 1 amide bonds. The molecule has 2 aliphatic rings. The molecule has 1 aromatic carbocycles. The van der Waals surface area contributed by atoms with Gasteiger partial charge in [0.15, 0.2) is 5.78 Å². The van der Waals surface area contributed by atoms with Crippen molar-refractivity contribution in [2.24, 2.45) is 5.73 Å². The highest BCUT2D eigenvalue weighted by molar-refractivity contribution is 6.35. The standard InChI is InChI=1S/C14H13NO3/c1-6-5-7(2)13-10-8(3-4-18-13)11(14(15)17)12(16)9(6)10/h5H,3-4H2,1-2H3,(H2,15,17). The Kier molecular flexibility index (Phi) is 2.11. The average molecular weight is 243 g/mol. The summed E-state index contributed by atoms with van der Waals surface area (Å²) >= 11 is 0. The zero-order valence-electron chi connectivity index (χ0n) is 10.3. The summed E-state index contributed by atoms with van der Waals surface area (Å²) in [7, 11) is 0. The van der Waals surface area contributed by atoms with Gasteiger partial charge in [0.25, 0.3) is 5.91 Å². The Morgan fingerprint density at radius 2 is 2.00 bits per heavy atom. The summed E-state index contributed by atoms with van der Waals surface area (Å²) < 4.78 is 5.64. The second-order valence-electron chi connectivity index (χ2n) is 4.73. The smallest absolute Gasteiger partial charge is 0.252 e. The van der Waals surface area contributed by atoms with Crippen LogP contribution in [0.2, 0.25) is 0 Å². The van der Waals surface area contributed by atoms with Crippen molar-refractivity contribution in [1.29, 1.82) is 0 Å². The zero-order chi connectivity index (χ0) is 13.0. The molecule has 0 bridgehead atoms. The van der Waals surface area contributed by atoms with E-state index < -0.39 is 5.91 Å². The maximum Gasteiger partial charge on any atom is 0.252 e. The molecule has 0 saturated heterocycles. The number of carbonyl (C=O) groups excluding carboxylic acids is 2. The van der Waals surface area contributed by atoms with Crippen LogP contribution in [0.4, 0.5) is 0 Å². The van der Waals surface area contributed by atoms with Crippen LogP contribution in [0.15, 0.2) is 11.6 Å². The predicted molar refractivity (Wildman–Crippen MR) is 66.5 cm³/mol. The van der Waals surface area contributed by atoms with Gasteiger partial charge in [0.1, 0.15) is 5.75 Å². The number of amides is 1. The fourth-order valence-electron chi connectivity index (χ4n) is 2.89. The van der Waals surface area contributed by atoms with Crippen molar-refractivity contribution in [3.05, 3.63) is 33.9 Å². The topological polar surface area (TPSA) is 69.4 Å². The van der Waals surface area contributed by atoms with Gasteiger partial charge >= 0.3 is 0 Å². The zero-order valence-corrected chi connectivity index (χ0v) is 10.3. The number of ketones is 1. The first-order valence-corrected chi connectivity index (χ1v) is 5.87.